The van der Waals surface area contributed by atoms with Gasteiger partial charge in [-0.1, -0.05) is 30.1 Å². The molecule has 1 aromatic rings. The van der Waals surface area contributed by atoms with E-state index in [1.807, 2.05) is 0 Å². The Morgan fingerprint density at radius 2 is 1.93 bits per heavy atom. The van der Waals surface area contributed by atoms with Gasteiger partial charge >= 0.3 is 0 Å². The molecule has 0 fully saturated rings. The fraction of sp³-hybridized carbons (Fsp3) is 0.200. The molecule has 1 N–H and O–H groups in total. The predicted molar refractivity (Wildman–Crippen MR) is 60.8 cm³/mol. The zero-order valence-electron chi connectivity index (χ0n) is 8.01. The predicted octanol–water partition coefficient (Wildman–Crippen LogP) is 3.15. The number of carbonyl (C=O) groups excluding carboxylic acids is 2. The van der Waals surface area contributed by atoms with Gasteiger partial charge in [0, 0.05) is 12.0 Å². The van der Waals surface area contributed by atoms with Gasteiger partial charge in [-0.3, -0.25) is 9.59 Å². The average Bonchev–Trinajstić information content (AvgIpc) is 2.22. The molecule has 3 nitrogen and oxygen atoms in total. The van der Waals surface area contributed by atoms with Crippen molar-refractivity contribution in [1.82, 2.24) is 0 Å². The number of benzene rings is 1. The molecule has 0 spiro atoms. The zero-order valence-corrected chi connectivity index (χ0v) is 9.52. The third-order valence-corrected chi connectivity index (χ3v) is 2.38. The van der Waals surface area contributed by atoms with Crippen LogP contribution >= 0.6 is 23.2 Å². The van der Waals surface area contributed by atoms with Crippen molar-refractivity contribution in [2.75, 3.05) is 5.32 Å². The summed E-state index contributed by atoms with van der Waals surface area (Å²) in [6, 6.07) is 2.90. The SMILES string of the molecule is CCC(=O)Nc1c(Cl)cc(C=O)cc1Cl. The monoisotopic (exact) mass is 245 g/mol. The van der Waals surface area contributed by atoms with E-state index in [0.717, 1.165) is 0 Å². The molecule has 1 amide bonds. The Labute approximate surface area is 97.4 Å². The first kappa shape index (κ1) is 12.0. The number of rotatable bonds is 3. The first-order valence-electron chi connectivity index (χ1n) is 4.32. The Morgan fingerprint density at radius 1 is 1.40 bits per heavy atom. The molecule has 0 radical (unpaired) electrons. The van der Waals surface area contributed by atoms with E-state index < -0.39 is 0 Å². The first-order chi connectivity index (χ1) is 7.08. The standard InChI is InChI=1S/C10H9Cl2NO2/c1-2-9(15)13-10-7(11)3-6(5-14)4-8(10)12/h3-5H,2H2,1H3,(H,13,15). The molecule has 1 aromatic carbocycles. The molecule has 0 heterocycles. The van der Waals surface area contributed by atoms with E-state index in [1.54, 1.807) is 6.92 Å². The molecule has 0 atom stereocenters. The summed E-state index contributed by atoms with van der Waals surface area (Å²) < 4.78 is 0. The summed E-state index contributed by atoms with van der Waals surface area (Å²) in [4.78, 5) is 21.6. The lowest BCUT2D eigenvalue weighted by atomic mass is 10.2. The van der Waals surface area contributed by atoms with Gasteiger partial charge in [0.25, 0.3) is 0 Å². The minimum absolute atomic E-state index is 0.183. The van der Waals surface area contributed by atoms with Crippen LogP contribution in [-0.2, 0) is 4.79 Å². The summed E-state index contributed by atoms with van der Waals surface area (Å²) in [5, 5.41) is 3.07. The smallest absolute Gasteiger partial charge is 0.224 e. The van der Waals surface area contributed by atoms with Crippen LogP contribution in [0.1, 0.15) is 23.7 Å². The molecule has 0 aliphatic rings. The van der Waals surface area contributed by atoms with Gasteiger partial charge in [0.1, 0.15) is 6.29 Å². The maximum Gasteiger partial charge on any atom is 0.224 e. The number of anilines is 1. The quantitative estimate of drug-likeness (QED) is 0.832. The van der Waals surface area contributed by atoms with Gasteiger partial charge in [0.15, 0.2) is 0 Å². The third-order valence-electron chi connectivity index (χ3n) is 1.79. The molecule has 0 aliphatic heterocycles. The van der Waals surface area contributed by atoms with E-state index in [2.05, 4.69) is 5.32 Å². The van der Waals surface area contributed by atoms with Gasteiger partial charge in [0.05, 0.1) is 15.7 Å². The number of hydrogen-bond donors (Lipinski definition) is 1. The lowest BCUT2D eigenvalue weighted by Gasteiger charge is -2.08. The van der Waals surface area contributed by atoms with Crippen molar-refractivity contribution >= 4 is 41.1 Å². The van der Waals surface area contributed by atoms with Gasteiger partial charge in [-0.25, -0.2) is 0 Å². The van der Waals surface area contributed by atoms with Crippen molar-refractivity contribution in [2.24, 2.45) is 0 Å². The fourth-order valence-corrected chi connectivity index (χ4v) is 1.61. The molecule has 1 rings (SSSR count). The Hall–Kier alpha value is -1.06. The van der Waals surface area contributed by atoms with Crippen LogP contribution in [0.5, 0.6) is 0 Å². The largest absolute Gasteiger partial charge is 0.324 e. The number of amides is 1. The lowest BCUT2D eigenvalue weighted by Crippen LogP contribution is -2.10. The first-order valence-corrected chi connectivity index (χ1v) is 5.08. The van der Waals surface area contributed by atoms with Crippen molar-refractivity contribution in [3.63, 3.8) is 0 Å². The fourth-order valence-electron chi connectivity index (χ4n) is 1.01. The molecule has 0 saturated heterocycles. The molecule has 0 aromatic heterocycles. The zero-order chi connectivity index (χ0) is 11.4. The second-order valence-electron chi connectivity index (χ2n) is 2.88. The van der Waals surface area contributed by atoms with Gasteiger partial charge in [-0.2, -0.15) is 0 Å². The molecule has 15 heavy (non-hydrogen) atoms. The summed E-state index contributed by atoms with van der Waals surface area (Å²) in [7, 11) is 0. The Balaban J connectivity index is 3.08. The van der Waals surface area contributed by atoms with E-state index in [9.17, 15) is 9.59 Å². The Kier molecular flexibility index (Phi) is 4.12. The van der Waals surface area contributed by atoms with E-state index >= 15 is 0 Å². The summed E-state index contributed by atoms with van der Waals surface area (Å²) in [6.45, 7) is 1.72. The maximum atomic E-state index is 11.1. The van der Waals surface area contributed by atoms with Crippen molar-refractivity contribution in [3.05, 3.63) is 27.7 Å². The van der Waals surface area contributed by atoms with Gasteiger partial charge in [0.2, 0.25) is 5.91 Å². The molecule has 0 saturated carbocycles. The van der Waals surface area contributed by atoms with E-state index in [1.165, 1.54) is 12.1 Å². The van der Waals surface area contributed by atoms with Crippen molar-refractivity contribution in [2.45, 2.75) is 13.3 Å². The van der Waals surface area contributed by atoms with Crippen molar-refractivity contribution < 1.29 is 9.59 Å². The van der Waals surface area contributed by atoms with Crippen LogP contribution in [0, 0.1) is 0 Å². The van der Waals surface area contributed by atoms with Crippen LogP contribution in [-0.4, -0.2) is 12.2 Å². The third kappa shape index (κ3) is 2.94. The van der Waals surface area contributed by atoms with Crippen LogP contribution in [0.3, 0.4) is 0 Å². The topological polar surface area (TPSA) is 46.2 Å². The second kappa shape index (κ2) is 5.14. The summed E-state index contributed by atoms with van der Waals surface area (Å²) >= 11 is 11.7. The summed E-state index contributed by atoms with van der Waals surface area (Å²) in [5.41, 5.74) is 0.718. The molecule has 0 unspecified atom stereocenters. The summed E-state index contributed by atoms with van der Waals surface area (Å²) in [6.07, 6.45) is 0.977. The van der Waals surface area contributed by atoms with Gasteiger partial charge in [-0.15, -0.1) is 0 Å². The highest BCUT2D eigenvalue weighted by Crippen LogP contribution is 2.31. The molecule has 0 bridgehead atoms. The molecular weight excluding hydrogens is 237 g/mol. The number of halogens is 2. The average molecular weight is 246 g/mol. The maximum absolute atomic E-state index is 11.1. The number of carbonyl (C=O) groups is 2. The highest BCUT2D eigenvalue weighted by atomic mass is 35.5. The van der Waals surface area contributed by atoms with Gasteiger partial charge in [-0.05, 0) is 12.1 Å². The van der Waals surface area contributed by atoms with E-state index in [4.69, 9.17) is 23.2 Å². The number of nitrogens with one attached hydrogen (secondary N) is 1. The number of hydrogen-bond acceptors (Lipinski definition) is 2. The molecular formula is C10H9Cl2NO2. The van der Waals surface area contributed by atoms with Crippen LogP contribution < -0.4 is 5.32 Å². The minimum Gasteiger partial charge on any atom is -0.324 e. The number of aldehydes is 1. The van der Waals surface area contributed by atoms with Crippen LogP contribution in [0.15, 0.2) is 12.1 Å². The van der Waals surface area contributed by atoms with Crippen LogP contribution in [0.4, 0.5) is 5.69 Å². The molecule has 5 heteroatoms. The van der Waals surface area contributed by atoms with Gasteiger partial charge < -0.3 is 5.32 Å². The highest BCUT2D eigenvalue weighted by Gasteiger charge is 2.10. The Morgan fingerprint density at radius 3 is 2.33 bits per heavy atom. The van der Waals surface area contributed by atoms with Crippen LogP contribution in [0.25, 0.3) is 0 Å². The normalized spacial score (nSPS) is 9.80. The van der Waals surface area contributed by atoms with E-state index in [-0.39, 0.29) is 16.0 Å². The second-order valence-corrected chi connectivity index (χ2v) is 3.69. The lowest BCUT2D eigenvalue weighted by molar-refractivity contribution is -0.115. The van der Waals surface area contributed by atoms with Crippen molar-refractivity contribution in [3.8, 4) is 0 Å². The molecule has 80 valence electrons. The highest BCUT2D eigenvalue weighted by molar-refractivity contribution is 6.40. The van der Waals surface area contributed by atoms with Crippen LogP contribution in [0.2, 0.25) is 10.0 Å². The van der Waals surface area contributed by atoms with E-state index in [0.29, 0.717) is 24.0 Å². The molecule has 0 aliphatic carbocycles. The minimum atomic E-state index is -0.183. The van der Waals surface area contributed by atoms with Crippen molar-refractivity contribution in [1.29, 1.82) is 0 Å². The Bertz CT molecular complexity index is 381. The summed E-state index contributed by atoms with van der Waals surface area (Å²) in [5.74, 6) is -0.183.